The molecule has 0 radical (unpaired) electrons. The van der Waals surface area contributed by atoms with E-state index in [-0.39, 0.29) is 13.2 Å². The molecular weight excluding hydrogens is 310 g/mol. The van der Waals surface area contributed by atoms with Crippen LogP contribution in [0.4, 0.5) is 0 Å². The second kappa shape index (κ2) is 8.80. The number of aliphatic hydroxyl groups is 1. The van der Waals surface area contributed by atoms with Crippen LogP contribution in [-0.4, -0.2) is 66.8 Å². The summed E-state index contributed by atoms with van der Waals surface area (Å²) < 4.78 is 20.9. The van der Waals surface area contributed by atoms with Crippen LogP contribution in [0.1, 0.15) is 27.7 Å². The summed E-state index contributed by atoms with van der Waals surface area (Å²) in [6, 6.07) is -0.586. The number of aliphatic hydroxyl groups excluding tert-OH is 1. The number of ether oxygens (including phenoxy) is 4. The van der Waals surface area contributed by atoms with E-state index in [4.69, 9.17) is 18.9 Å². The first-order valence-electron chi connectivity index (χ1n) is 7.24. The summed E-state index contributed by atoms with van der Waals surface area (Å²) in [6.45, 7) is 5.10. The molecule has 0 spiro atoms. The van der Waals surface area contributed by atoms with Gasteiger partial charge in [-0.3, -0.25) is 19.7 Å². The maximum absolute atomic E-state index is 11.4. The number of rotatable bonds is 6. The summed E-state index contributed by atoms with van der Waals surface area (Å²) in [7, 11) is 0. The number of hydrogen-bond acceptors (Lipinski definition) is 9. The lowest BCUT2D eigenvalue weighted by Crippen LogP contribution is -2.62. The van der Waals surface area contributed by atoms with Crippen molar-refractivity contribution in [1.29, 1.82) is 0 Å². The van der Waals surface area contributed by atoms with E-state index >= 15 is 0 Å². The van der Waals surface area contributed by atoms with Crippen LogP contribution in [0.25, 0.3) is 0 Å². The molecule has 1 aliphatic rings. The Hall–Kier alpha value is -1.71. The molecule has 9 heteroatoms. The van der Waals surface area contributed by atoms with Crippen molar-refractivity contribution in [2.75, 3.05) is 13.2 Å². The van der Waals surface area contributed by atoms with E-state index in [1.165, 1.54) is 27.7 Å². The predicted octanol–water partition coefficient (Wildman–Crippen LogP) is -0.892. The van der Waals surface area contributed by atoms with Crippen LogP contribution >= 0.6 is 0 Å². The van der Waals surface area contributed by atoms with Crippen LogP contribution in [0, 0.1) is 0 Å². The van der Waals surface area contributed by atoms with Gasteiger partial charge in [-0.15, -0.1) is 0 Å². The fourth-order valence-electron chi connectivity index (χ4n) is 2.33. The fourth-order valence-corrected chi connectivity index (χ4v) is 2.33. The zero-order chi connectivity index (χ0) is 17.6. The van der Waals surface area contributed by atoms with Gasteiger partial charge in [0, 0.05) is 20.8 Å². The Morgan fingerprint density at radius 2 is 1.70 bits per heavy atom. The van der Waals surface area contributed by atoms with E-state index in [0.29, 0.717) is 0 Å². The molecule has 1 aliphatic heterocycles. The molecule has 0 aromatic carbocycles. The Morgan fingerprint density at radius 1 is 1.13 bits per heavy atom. The molecule has 2 N–H and O–H groups in total. The van der Waals surface area contributed by atoms with E-state index in [1.54, 1.807) is 0 Å². The van der Waals surface area contributed by atoms with Gasteiger partial charge in [0.2, 0.25) is 0 Å². The summed E-state index contributed by atoms with van der Waals surface area (Å²) in [6.07, 6.45) is -3.52. The summed E-state index contributed by atoms with van der Waals surface area (Å²) in [5.74, 6) is -1.68. The van der Waals surface area contributed by atoms with Crippen LogP contribution in [-0.2, 0) is 33.3 Å². The van der Waals surface area contributed by atoms with Gasteiger partial charge < -0.3 is 24.1 Å². The summed E-state index contributed by atoms with van der Waals surface area (Å²) in [5.41, 5.74) is 0. The zero-order valence-corrected chi connectivity index (χ0v) is 13.6. The van der Waals surface area contributed by atoms with E-state index in [1.807, 2.05) is 0 Å². The normalized spacial score (nSPS) is 28.6. The topological polar surface area (TPSA) is 120 Å². The van der Waals surface area contributed by atoms with Crippen molar-refractivity contribution in [3.8, 4) is 0 Å². The van der Waals surface area contributed by atoms with Crippen LogP contribution in [0.15, 0.2) is 0 Å². The Morgan fingerprint density at radius 3 is 2.17 bits per heavy atom. The molecule has 0 aromatic rings. The fraction of sp³-hybridized carbons (Fsp3) is 0.786. The highest BCUT2D eigenvalue weighted by Gasteiger charge is 2.45. The first-order valence-corrected chi connectivity index (χ1v) is 7.24. The molecule has 1 unspecified atom stereocenters. The molecule has 5 atom stereocenters. The molecule has 1 fully saturated rings. The lowest BCUT2D eigenvalue weighted by atomic mass is 9.97. The smallest absolute Gasteiger partial charge is 0.303 e. The van der Waals surface area contributed by atoms with Gasteiger partial charge in [-0.1, -0.05) is 0 Å². The Balaban J connectivity index is 2.96. The molecule has 0 saturated carbocycles. The molecule has 0 aliphatic carbocycles. The van der Waals surface area contributed by atoms with Gasteiger partial charge >= 0.3 is 17.9 Å². The lowest BCUT2D eigenvalue weighted by Gasteiger charge is -2.41. The second-order valence-electron chi connectivity index (χ2n) is 5.27. The van der Waals surface area contributed by atoms with Gasteiger partial charge in [0.05, 0.1) is 12.6 Å². The van der Waals surface area contributed by atoms with Crippen LogP contribution in [0.3, 0.4) is 0 Å². The molecular formula is C14H23NO8. The van der Waals surface area contributed by atoms with Gasteiger partial charge in [-0.05, 0) is 6.92 Å². The first-order chi connectivity index (χ1) is 10.7. The summed E-state index contributed by atoms with van der Waals surface area (Å²) in [4.78, 5) is 33.7. The van der Waals surface area contributed by atoms with Gasteiger partial charge in [-0.2, -0.15) is 0 Å². The zero-order valence-electron chi connectivity index (χ0n) is 13.6. The van der Waals surface area contributed by atoms with Crippen LogP contribution < -0.4 is 5.32 Å². The van der Waals surface area contributed by atoms with Crippen LogP contribution in [0.5, 0.6) is 0 Å². The number of carbonyl (C=O) groups is 3. The van der Waals surface area contributed by atoms with Gasteiger partial charge in [0.15, 0.2) is 12.2 Å². The minimum Gasteiger partial charge on any atom is -0.463 e. The number of hydrogen-bond donors (Lipinski definition) is 2. The van der Waals surface area contributed by atoms with Gasteiger partial charge in [-0.25, -0.2) is 0 Å². The van der Waals surface area contributed by atoms with E-state index in [0.717, 1.165) is 0 Å². The number of carbonyl (C=O) groups excluding carboxylic acids is 3. The van der Waals surface area contributed by atoms with Crippen molar-refractivity contribution in [2.24, 2.45) is 0 Å². The lowest BCUT2D eigenvalue weighted by molar-refractivity contribution is -0.209. The maximum atomic E-state index is 11.4. The Bertz CT molecular complexity index is 438. The van der Waals surface area contributed by atoms with Crippen molar-refractivity contribution < 1.29 is 38.4 Å². The second-order valence-corrected chi connectivity index (χ2v) is 5.27. The molecule has 0 bridgehead atoms. The van der Waals surface area contributed by atoms with Crippen LogP contribution in [0.2, 0.25) is 0 Å². The quantitative estimate of drug-likeness (QED) is 0.362. The third-order valence-electron chi connectivity index (χ3n) is 3.09. The number of nitrogens with one attached hydrogen (secondary N) is 1. The third-order valence-corrected chi connectivity index (χ3v) is 3.09. The molecule has 1 saturated heterocycles. The Kier molecular flexibility index (Phi) is 7.40. The molecule has 1 heterocycles. The van der Waals surface area contributed by atoms with Gasteiger partial charge in [0.25, 0.3) is 0 Å². The third kappa shape index (κ3) is 6.51. The molecule has 1 rings (SSSR count). The van der Waals surface area contributed by atoms with Crippen molar-refractivity contribution in [3.63, 3.8) is 0 Å². The average molecular weight is 333 g/mol. The van der Waals surface area contributed by atoms with Crippen molar-refractivity contribution in [1.82, 2.24) is 5.32 Å². The van der Waals surface area contributed by atoms with Gasteiger partial charge in [0.1, 0.15) is 18.9 Å². The number of esters is 3. The van der Waals surface area contributed by atoms with Crippen molar-refractivity contribution in [2.45, 2.75) is 58.3 Å². The standard InChI is InChI=1S/C14H23NO8/c1-7(16)15-11-5-21-12(6-20-8(2)17)14(23-10(4)19)13(11)22-9(3)18/h7,11-16H,5-6H2,1-4H3/t7?,11-,12+,13+,14-/m0/s1. The van der Waals surface area contributed by atoms with Crippen molar-refractivity contribution >= 4 is 17.9 Å². The molecule has 9 nitrogen and oxygen atoms in total. The maximum Gasteiger partial charge on any atom is 0.303 e. The SMILES string of the molecule is CC(=O)OC[C@H]1OC[C@H](NC(C)O)[C@@H](OC(C)=O)[C@H]1OC(C)=O. The summed E-state index contributed by atoms with van der Waals surface area (Å²) in [5, 5.41) is 12.3. The van der Waals surface area contributed by atoms with E-state index in [2.05, 4.69) is 5.32 Å². The molecule has 132 valence electrons. The summed E-state index contributed by atoms with van der Waals surface area (Å²) >= 11 is 0. The molecule has 0 aromatic heterocycles. The van der Waals surface area contributed by atoms with E-state index in [9.17, 15) is 19.5 Å². The molecule has 0 amide bonds. The van der Waals surface area contributed by atoms with E-state index < -0.39 is 48.5 Å². The highest BCUT2D eigenvalue weighted by atomic mass is 16.6. The highest BCUT2D eigenvalue weighted by molar-refractivity contribution is 5.67. The highest BCUT2D eigenvalue weighted by Crippen LogP contribution is 2.23. The predicted molar refractivity (Wildman–Crippen MR) is 76.1 cm³/mol. The largest absolute Gasteiger partial charge is 0.463 e. The molecule has 23 heavy (non-hydrogen) atoms. The average Bonchev–Trinajstić information content (AvgIpc) is 2.39. The first kappa shape index (κ1) is 19.3. The monoisotopic (exact) mass is 333 g/mol. The Labute approximate surface area is 134 Å². The minimum atomic E-state index is -0.972. The minimum absolute atomic E-state index is 0.0759. The van der Waals surface area contributed by atoms with Crippen molar-refractivity contribution in [3.05, 3.63) is 0 Å².